The molecule has 3 heterocycles. The Labute approximate surface area is 125 Å². The van der Waals surface area contributed by atoms with Gasteiger partial charge in [-0.1, -0.05) is 6.42 Å². The summed E-state index contributed by atoms with van der Waals surface area (Å²) < 4.78 is 0. The van der Waals surface area contributed by atoms with Gasteiger partial charge in [0.1, 0.15) is 0 Å². The average Bonchev–Trinajstić information content (AvgIpc) is 2.37. The van der Waals surface area contributed by atoms with E-state index in [9.17, 15) is 0 Å². The van der Waals surface area contributed by atoms with E-state index in [1.54, 1.807) is 0 Å². The van der Waals surface area contributed by atoms with Crippen LogP contribution in [0.3, 0.4) is 0 Å². The quantitative estimate of drug-likeness (QED) is 0.795. The van der Waals surface area contributed by atoms with Crippen LogP contribution in [0.1, 0.15) is 58.8 Å². The molecule has 0 amide bonds. The van der Waals surface area contributed by atoms with Crippen LogP contribution < -0.4 is 5.32 Å². The van der Waals surface area contributed by atoms with Crippen molar-refractivity contribution in [1.29, 1.82) is 0 Å². The molecule has 3 aliphatic rings. The fourth-order valence-corrected chi connectivity index (χ4v) is 4.73. The second kappa shape index (κ2) is 6.33. The van der Waals surface area contributed by atoms with Gasteiger partial charge in [0, 0.05) is 30.2 Å². The molecule has 0 aromatic carbocycles. The van der Waals surface area contributed by atoms with Gasteiger partial charge in [0.15, 0.2) is 0 Å². The van der Waals surface area contributed by atoms with Crippen molar-refractivity contribution in [2.45, 2.75) is 89.0 Å². The van der Waals surface area contributed by atoms with Crippen molar-refractivity contribution < 1.29 is 0 Å². The lowest BCUT2D eigenvalue weighted by Crippen LogP contribution is -2.56. The van der Waals surface area contributed by atoms with Crippen LogP contribution in [-0.2, 0) is 0 Å². The van der Waals surface area contributed by atoms with E-state index in [0.29, 0.717) is 12.1 Å². The second-order valence-electron chi connectivity index (χ2n) is 7.61. The topological polar surface area (TPSA) is 18.5 Å². The number of nitrogens with zero attached hydrogens (tertiary/aromatic N) is 2. The van der Waals surface area contributed by atoms with E-state index in [4.69, 9.17) is 0 Å². The largest absolute Gasteiger partial charge is 0.312 e. The van der Waals surface area contributed by atoms with Crippen molar-refractivity contribution in [2.24, 2.45) is 0 Å². The number of rotatable bonds is 1. The highest BCUT2D eigenvalue weighted by molar-refractivity contribution is 4.95. The summed E-state index contributed by atoms with van der Waals surface area (Å²) in [7, 11) is 2.37. The molecule has 2 bridgehead atoms. The summed E-state index contributed by atoms with van der Waals surface area (Å²) in [6.07, 6.45) is 9.80. The number of nitrogens with one attached hydrogen (secondary N) is 1. The summed E-state index contributed by atoms with van der Waals surface area (Å²) in [5.41, 5.74) is 0. The molecule has 116 valence electrons. The Kier molecular flexibility index (Phi) is 4.68. The Bertz CT molecular complexity index is 293. The molecule has 4 atom stereocenters. The maximum absolute atomic E-state index is 3.72. The van der Waals surface area contributed by atoms with Gasteiger partial charge in [-0.15, -0.1) is 0 Å². The molecule has 0 radical (unpaired) electrons. The molecule has 0 aromatic rings. The SMILES string of the molecule is CC1CCN(C2CC3CCCC(C2)N3C)CCC(C)N1. The van der Waals surface area contributed by atoms with Crippen LogP contribution in [0.5, 0.6) is 0 Å². The molecule has 20 heavy (non-hydrogen) atoms. The zero-order valence-electron chi connectivity index (χ0n) is 13.6. The molecule has 0 spiro atoms. The molecule has 0 saturated carbocycles. The summed E-state index contributed by atoms with van der Waals surface area (Å²) in [6.45, 7) is 7.30. The smallest absolute Gasteiger partial charge is 0.0125 e. The molecular formula is C17H33N3. The second-order valence-corrected chi connectivity index (χ2v) is 7.61. The fourth-order valence-electron chi connectivity index (χ4n) is 4.73. The third-order valence-electron chi connectivity index (χ3n) is 6.10. The van der Waals surface area contributed by atoms with Gasteiger partial charge in [-0.2, -0.15) is 0 Å². The Morgan fingerprint density at radius 1 is 0.800 bits per heavy atom. The monoisotopic (exact) mass is 279 g/mol. The van der Waals surface area contributed by atoms with Crippen LogP contribution in [-0.4, -0.2) is 60.1 Å². The van der Waals surface area contributed by atoms with Crippen LogP contribution in [0.25, 0.3) is 0 Å². The van der Waals surface area contributed by atoms with Crippen molar-refractivity contribution in [2.75, 3.05) is 20.1 Å². The van der Waals surface area contributed by atoms with Gasteiger partial charge in [0.25, 0.3) is 0 Å². The fraction of sp³-hybridized carbons (Fsp3) is 1.00. The predicted octanol–water partition coefficient (Wildman–Crippen LogP) is 2.46. The summed E-state index contributed by atoms with van der Waals surface area (Å²) in [5, 5.41) is 3.72. The molecule has 1 N–H and O–H groups in total. The van der Waals surface area contributed by atoms with E-state index in [1.807, 2.05) is 0 Å². The number of piperidine rings is 2. The van der Waals surface area contributed by atoms with E-state index in [1.165, 1.54) is 58.0 Å². The van der Waals surface area contributed by atoms with Gasteiger partial charge in [-0.25, -0.2) is 0 Å². The van der Waals surface area contributed by atoms with E-state index < -0.39 is 0 Å². The first-order valence-corrected chi connectivity index (χ1v) is 8.85. The normalized spacial score (nSPS) is 44.9. The first-order chi connectivity index (χ1) is 9.63. The van der Waals surface area contributed by atoms with Gasteiger partial charge < -0.3 is 15.1 Å². The van der Waals surface area contributed by atoms with Gasteiger partial charge in [0.2, 0.25) is 0 Å². The summed E-state index contributed by atoms with van der Waals surface area (Å²) in [6, 6.07) is 3.95. The number of hydrogen-bond donors (Lipinski definition) is 1. The van der Waals surface area contributed by atoms with Crippen molar-refractivity contribution in [3.8, 4) is 0 Å². The molecule has 4 unspecified atom stereocenters. The van der Waals surface area contributed by atoms with Crippen molar-refractivity contribution >= 4 is 0 Å². The molecule has 3 aliphatic heterocycles. The zero-order valence-corrected chi connectivity index (χ0v) is 13.6. The number of fused-ring (bicyclic) bond motifs is 2. The molecule has 0 aromatic heterocycles. The van der Waals surface area contributed by atoms with Crippen LogP contribution in [0.2, 0.25) is 0 Å². The summed E-state index contributed by atoms with van der Waals surface area (Å²) in [4.78, 5) is 5.53. The van der Waals surface area contributed by atoms with E-state index in [0.717, 1.165) is 18.1 Å². The zero-order chi connectivity index (χ0) is 14.1. The van der Waals surface area contributed by atoms with Crippen molar-refractivity contribution in [3.63, 3.8) is 0 Å². The molecular weight excluding hydrogens is 246 g/mol. The third kappa shape index (κ3) is 3.20. The molecule has 3 fully saturated rings. The Balaban J connectivity index is 1.63. The summed E-state index contributed by atoms with van der Waals surface area (Å²) in [5.74, 6) is 0. The first-order valence-electron chi connectivity index (χ1n) is 8.85. The van der Waals surface area contributed by atoms with Crippen LogP contribution in [0.4, 0.5) is 0 Å². The minimum Gasteiger partial charge on any atom is -0.312 e. The lowest BCUT2D eigenvalue weighted by atomic mass is 9.81. The number of hydrogen-bond acceptors (Lipinski definition) is 3. The first kappa shape index (κ1) is 14.8. The Morgan fingerprint density at radius 2 is 1.35 bits per heavy atom. The lowest BCUT2D eigenvalue weighted by Gasteiger charge is -2.50. The van der Waals surface area contributed by atoms with E-state index in [-0.39, 0.29) is 0 Å². The molecule has 3 saturated heterocycles. The van der Waals surface area contributed by atoms with Gasteiger partial charge >= 0.3 is 0 Å². The Morgan fingerprint density at radius 3 is 1.90 bits per heavy atom. The van der Waals surface area contributed by atoms with Gasteiger partial charge in [-0.05, 0) is 72.5 Å². The predicted molar refractivity (Wildman–Crippen MR) is 85.1 cm³/mol. The average molecular weight is 279 g/mol. The summed E-state index contributed by atoms with van der Waals surface area (Å²) >= 11 is 0. The highest BCUT2D eigenvalue weighted by Gasteiger charge is 2.38. The highest BCUT2D eigenvalue weighted by atomic mass is 15.2. The van der Waals surface area contributed by atoms with Crippen LogP contribution >= 0.6 is 0 Å². The van der Waals surface area contributed by atoms with Gasteiger partial charge in [0.05, 0.1) is 0 Å². The van der Waals surface area contributed by atoms with E-state index >= 15 is 0 Å². The molecule has 3 heteroatoms. The maximum Gasteiger partial charge on any atom is 0.0125 e. The standard InChI is InChI=1S/C17H33N3/c1-13-7-9-20(10-8-14(2)18-13)17-11-15-5-4-6-16(12-17)19(15)3/h13-18H,4-12H2,1-3H3. The lowest BCUT2D eigenvalue weighted by molar-refractivity contribution is 0.00503. The Hall–Kier alpha value is -0.120. The van der Waals surface area contributed by atoms with Crippen molar-refractivity contribution in [1.82, 2.24) is 15.1 Å². The minimum atomic E-state index is 0.679. The highest BCUT2D eigenvalue weighted by Crippen LogP contribution is 2.35. The maximum atomic E-state index is 3.72. The molecule has 3 rings (SSSR count). The van der Waals surface area contributed by atoms with Gasteiger partial charge in [-0.3, -0.25) is 0 Å². The third-order valence-corrected chi connectivity index (χ3v) is 6.10. The van der Waals surface area contributed by atoms with Crippen molar-refractivity contribution in [3.05, 3.63) is 0 Å². The molecule has 0 aliphatic carbocycles. The van der Waals surface area contributed by atoms with E-state index in [2.05, 4.69) is 36.0 Å². The minimum absolute atomic E-state index is 0.679. The molecule has 3 nitrogen and oxygen atoms in total. The van der Waals surface area contributed by atoms with Crippen LogP contribution in [0, 0.1) is 0 Å². The van der Waals surface area contributed by atoms with Crippen LogP contribution in [0.15, 0.2) is 0 Å².